The first-order valence-electron chi connectivity index (χ1n) is 8.03. The van der Waals surface area contributed by atoms with Gasteiger partial charge in [0.15, 0.2) is 0 Å². The zero-order chi connectivity index (χ0) is 19.6. The van der Waals surface area contributed by atoms with Gasteiger partial charge in [0.25, 0.3) is 15.9 Å². The molecule has 1 aromatic heterocycles. The second-order valence-corrected chi connectivity index (χ2v) is 8.69. The van der Waals surface area contributed by atoms with E-state index in [-0.39, 0.29) is 22.6 Å². The third-order valence-corrected chi connectivity index (χ3v) is 6.29. The topological polar surface area (TPSA) is 113 Å². The minimum atomic E-state index is -3.91. The normalized spacial score (nSPS) is 14.3. The van der Waals surface area contributed by atoms with E-state index in [1.54, 1.807) is 17.0 Å². The van der Waals surface area contributed by atoms with Crippen LogP contribution in [0.25, 0.3) is 0 Å². The Morgan fingerprint density at radius 2 is 1.78 bits per heavy atom. The van der Waals surface area contributed by atoms with Crippen molar-refractivity contribution >= 4 is 44.8 Å². The summed E-state index contributed by atoms with van der Waals surface area (Å²) in [6.45, 7) is 1.80. The Morgan fingerprint density at radius 3 is 2.33 bits per heavy atom. The number of hydrogen-bond acceptors (Lipinski definition) is 6. The molecule has 0 radical (unpaired) electrons. The van der Waals surface area contributed by atoms with E-state index in [4.69, 9.17) is 0 Å². The predicted octanol–water partition coefficient (Wildman–Crippen LogP) is 1.28. The second kappa shape index (κ2) is 7.49. The zero-order valence-corrected chi connectivity index (χ0v) is 16.0. The Bertz CT molecular complexity index is 963. The number of rotatable bonds is 5. The van der Waals surface area contributed by atoms with Crippen LogP contribution >= 0.6 is 11.3 Å². The van der Waals surface area contributed by atoms with E-state index in [1.807, 2.05) is 10.1 Å². The van der Waals surface area contributed by atoms with Gasteiger partial charge in [-0.05, 0) is 35.7 Å². The summed E-state index contributed by atoms with van der Waals surface area (Å²) in [6.07, 6.45) is 0. The van der Waals surface area contributed by atoms with Gasteiger partial charge in [0.2, 0.25) is 11.8 Å². The number of likely N-dealkylation sites (tertiary alicyclic amines) is 1. The Labute approximate surface area is 160 Å². The van der Waals surface area contributed by atoms with Gasteiger partial charge in [0.1, 0.15) is 0 Å². The highest BCUT2D eigenvalue weighted by Crippen LogP contribution is 2.23. The van der Waals surface area contributed by atoms with Crippen LogP contribution in [0.2, 0.25) is 0 Å². The fourth-order valence-electron chi connectivity index (χ4n) is 2.58. The van der Waals surface area contributed by atoms with E-state index in [0.29, 0.717) is 23.7 Å². The van der Waals surface area contributed by atoms with Crippen LogP contribution in [-0.2, 0) is 19.6 Å². The van der Waals surface area contributed by atoms with Gasteiger partial charge < -0.3 is 10.2 Å². The number of carbonyl (C=O) groups is 3. The van der Waals surface area contributed by atoms with Gasteiger partial charge in [-0.3, -0.25) is 14.4 Å². The summed E-state index contributed by atoms with van der Waals surface area (Å²) in [4.78, 5) is 37.5. The lowest BCUT2D eigenvalue weighted by Gasteiger charge is -2.37. The molecule has 0 aliphatic carbocycles. The van der Waals surface area contributed by atoms with Crippen molar-refractivity contribution in [1.29, 1.82) is 0 Å². The molecule has 0 saturated carbocycles. The molecule has 142 valence electrons. The molecular formula is C17H17N3O5S2. The molecule has 2 heterocycles. The summed E-state index contributed by atoms with van der Waals surface area (Å²) in [6, 6.07) is 9.04. The molecule has 8 nitrogen and oxygen atoms in total. The van der Waals surface area contributed by atoms with Crippen molar-refractivity contribution in [1.82, 2.24) is 9.62 Å². The number of benzene rings is 1. The third-order valence-electron chi connectivity index (χ3n) is 3.98. The van der Waals surface area contributed by atoms with Gasteiger partial charge >= 0.3 is 0 Å². The van der Waals surface area contributed by atoms with E-state index in [0.717, 1.165) is 6.92 Å². The number of amides is 3. The van der Waals surface area contributed by atoms with Crippen molar-refractivity contribution in [2.24, 2.45) is 5.92 Å². The third kappa shape index (κ3) is 4.34. The molecule has 0 atom stereocenters. The molecule has 1 saturated heterocycles. The fourth-order valence-corrected chi connectivity index (χ4v) is 4.26. The van der Waals surface area contributed by atoms with Crippen LogP contribution in [0.1, 0.15) is 16.6 Å². The smallest absolute Gasteiger partial charge is 0.264 e. The SMILES string of the molecule is CC(=O)NS(=O)(=O)c1ccc(NC(=O)C2CN(C(=O)c3cccs3)C2)cc1. The van der Waals surface area contributed by atoms with Crippen LogP contribution < -0.4 is 10.0 Å². The number of thiophene rings is 1. The molecule has 3 rings (SSSR count). The number of sulfonamides is 1. The molecule has 1 aliphatic rings. The number of nitrogens with one attached hydrogen (secondary N) is 2. The first-order valence-corrected chi connectivity index (χ1v) is 10.4. The Hall–Kier alpha value is -2.72. The fraction of sp³-hybridized carbons (Fsp3) is 0.235. The Morgan fingerprint density at radius 1 is 1.11 bits per heavy atom. The van der Waals surface area contributed by atoms with Crippen LogP contribution in [0, 0.1) is 5.92 Å². The average Bonchev–Trinajstić information content (AvgIpc) is 3.07. The van der Waals surface area contributed by atoms with E-state index >= 15 is 0 Å². The molecular weight excluding hydrogens is 390 g/mol. The minimum absolute atomic E-state index is 0.0768. The van der Waals surface area contributed by atoms with Crippen LogP contribution in [0.15, 0.2) is 46.7 Å². The molecule has 10 heteroatoms. The Balaban J connectivity index is 1.55. The van der Waals surface area contributed by atoms with E-state index in [2.05, 4.69) is 5.32 Å². The van der Waals surface area contributed by atoms with E-state index in [1.165, 1.54) is 35.6 Å². The van der Waals surface area contributed by atoms with Crippen molar-refractivity contribution in [2.75, 3.05) is 18.4 Å². The van der Waals surface area contributed by atoms with Crippen LogP contribution in [-0.4, -0.2) is 44.1 Å². The van der Waals surface area contributed by atoms with Crippen LogP contribution in [0.5, 0.6) is 0 Å². The van der Waals surface area contributed by atoms with Gasteiger partial charge in [0.05, 0.1) is 15.7 Å². The number of nitrogens with zero attached hydrogens (tertiary/aromatic N) is 1. The zero-order valence-electron chi connectivity index (χ0n) is 14.3. The molecule has 1 aromatic carbocycles. The van der Waals surface area contributed by atoms with Crippen molar-refractivity contribution in [3.63, 3.8) is 0 Å². The summed E-state index contributed by atoms with van der Waals surface area (Å²) >= 11 is 1.36. The van der Waals surface area contributed by atoms with Crippen molar-refractivity contribution in [3.05, 3.63) is 46.7 Å². The molecule has 2 aromatic rings. The molecule has 1 aliphatic heterocycles. The minimum Gasteiger partial charge on any atom is -0.336 e. The molecule has 1 fully saturated rings. The van der Waals surface area contributed by atoms with Gasteiger partial charge in [-0.2, -0.15) is 0 Å². The first-order chi connectivity index (χ1) is 12.8. The van der Waals surface area contributed by atoms with Crippen LogP contribution in [0.3, 0.4) is 0 Å². The summed E-state index contributed by atoms with van der Waals surface area (Å²) in [5.41, 5.74) is 0.435. The highest BCUT2D eigenvalue weighted by Gasteiger charge is 2.36. The standard InChI is InChI=1S/C17H17N3O5S2/c1-11(21)19-27(24,25)14-6-4-13(5-7-14)18-16(22)12-9-20(10-12)17(23)15-3-2-8-26-15/h2-8,12H,9-10H2,1H3,(H,18,22)(H,19,21). The largest absolute Gasteiger partial charge is 0.336 e. The lowest BCUT2D eigenvalue weighted by Crippen LogP contribution is -2.54. The molecule has 27 heavy (non-hydrogen) atoms. The lowest BCUT2D eigenvalue weighted by molar-refractivity contribution is -0.123. The molecule has 0 spiro atoms. The maximum absolute atomic E-state index is 12.3. The van der Waals surface area contributed by atoms with Crippen molar-refractivity contribution in [2.45, 2.75) is 11.8 Å². The Kier molecular flexibility index (Phi) is 5.29. The van der Waals surface area contributed by atoms with Crippen LogP contribution in [0.4, 0.5) is 5.69 Å². The van der Waals surface area contributed by atoms with Gasteiger partial charge in [-0.25, -0.2) is 13.1 Å². The van der Waals surface area contributed by atoms with E-state index < -0.39 is 15.9 Å². The highest BCUT2D eigenvalue weighted by molar-refractivity contribution is 7.90. The van der Waals surface area contributed by atoms with Gasteiger partial charge in [-0.15, -0.1) is 11.3 Å². The van der Waals surface area contributed by atoms with E-state index in [9.17, 15) is 22.8 Å². The number of hydrogen-bond donors (Lipinski definition) is 2. The van der Waals surface area contributed by atoms with Gasteiger partial charge in [-0.1, -0.05) is 6.07 Å². The quantitative estimate of drug-likeness (QED) is 0.775. The maximum atomic E-state index is 12.3. The summed E-state index contributed by atoms with van der Waals surface area (Å²) in [5, 5.41) is 4.53. The van der Waals surface area contributed by atoms with Gasteiger partial charge in [0, 0.05) is 25.7 Å². The first kappa shape index (κ1) is 19.1. The predicted molar refractivity (Wildman–Crippen MR) is 99.8 cm³/mol. The maximum Gasteiger partial charge on any atom is 0.264 e. The van der Waals surface area contributed by atoms with Crippen molar-refractivity contribution < 1.29 is 22.8 Å². The average molecular weight is 407 g/mol. The second-order valence-electron chi connectivity index (χ2n) is 6.06. The summed E-state index contributed by atoms with van der Waals surface area (Å²) in [7, 11) is -3.91. The monoisotopic (exact) mass is 407 g/mol. The lowest BCUT2D eigenvalue weighted by atomic mass is 9.98. The highest BCUT2D eigenvalue weighted by atomic mass is 32.2. The van der Waals surface area contributed by atoms with Crippen molar-refractivity contribution in [3.8, 4) is 0 Å². The molecule has 2 N–H and O–H groups in total. The summed E-state index contributed by atoms with van der Waals surface area (Å²) in [5.74, 6) is -1.31. The number of anilines is 1. The number of carbonyl (C=O) groups excluding carboxylic acids is 3. The molecule has 0 bridgehead atoms. The molecule has 3 amide bonds. The molecule has 0 unspecified atom stereocenters. The summed E-state index contributed by atoms with van der Waals surface area (Å²) < 4.78 is 25.6.